The summed E-state index contributed by atoms with van der Waals surface area (Å²) in [5.74, 6) is -0.974. The minimum Gasteiger partial charge on any atom is -0.352 e. The Hall–Kier alpha value is -2.59. The minimum atomic E-state index is -4.15. The summed E-state index contributed by atoms with van der Waals surface area (Å²) >= 11 is 16.2. The molecule has 0 aromatic heterocycles. The molecule has 3 aromatic rings. The predicted octanol–water partition coefficient (Wildman–Crippen LogP) is 6.28. The van der Waals surface area contributed by atoms with Gasteiger partial charge in [-0.15, -0.1) is 0 Å². The van der Waals surface area contributed by atoms with Crippen LogP contribution in [-0.2, 0) is 26.2 Å². The fraction of sp³-hybridized carbons (Fsp3) is 0.286. The molecule has 0 spiro atoms. The van der Waals surface area contributed by atoms with Crippen LogP contribution in [0.25, 0.3) is 0 Å². The van der Waals surface area contributed by atoms with Crippen molar-refractivity contribution in [1.29, 1.82) is 0 Å². The summed E-state index contributed by atoms with van der Waals surface area (Å²) in [5, 5.41) is 3.55. The van der Waals surface area contributed by atoms with Gasteiger partial charge in [0.15, 0.2) is 0 Å². The van der Waals surface area contributed by atoms with Crippen molar-refractivity contribution in [3.05, 3.63) is 92.9 Å². The smallest absolute Gasteiger partial charge is 0.264 e. The van der Waals surface area contributed by atoms with Gasteiger partial charge in [-0.3, -0.25) is 13.9 Å². The molecule has 0 aliphatic carbocycles. The summed E-state index contributed by atoms with van der Waals surface area (Å²) in [6.45, 7) is 4.74. The van der Waals surface area contributed by atoms with E-state index in [0.717, 1.165) is 4.31 Å². The highest BCUT2D eigenvalue weighted by molar-refractivity contribution is 9.10. The van der Waals surface area contributed by atoms with Gasteiger partial charge in [-0.05, 0) is 62.7 Å². The van der Waals surface area contributed by atoms with Crippen molar-refractivity contribution in [2.24, 2.45) is 0 Å². The van der Waals surface area contributed by atoms with E-state index in [9.17, 15) is 18.0 Å². The first-order valence-corrected chi connectivity index (χ1v) is 15.3. The maximum absolute atomic E-state index is 14.0. The summed E-state index contributed by atoms with van der Waals surface area (Å²) in [7, 11) is -4.15. The molecule has 2 amide bonds. The van der Waals surface area contributed by atoms with Gasteiger partial charge in [0, 0.05) is 32.7 Å². The number of anilines is 1. The van der Waals surface area contributed by atoms with Crippen LogP contribution in [-0.4, -0.2) is 43.8 Å². The Bertz CT molecular complexity index is 1400. The van der Waals surface area contributed by atoms with Crippen LogP contribution in [0.15, 0.2) is 82.2 Å². The molecule has 208 valence electrons. The van der Waals surface area contributed by atoms with E-state index in [1.807, 2.05) is 13.8 Å². The average molecular weight is 655 g/mol. The first kappa shape index (κ1) is 30.9. The molecule has 0 aliphatic heterocycles. The molecule has 7 nitrogen and oxygen atoms in total. The lowest BCUT2D eigenvalue weighted by atomic mass is 10.1. The third kappa shape index (κ3) is 7.75. The van der Waals surface area contributed by atoms with Gasteiger partial charge in [-0.1, -0.05) is 76.4 Å². The lowest BCUT2D eigenvalue weighted by Gasteiger charge is -2.33. The second-order valence-electron chi connectivity index (χ2n) is 9.02. The van der Waals surface area contributed by atoms with Gasteiger partial charge in [0.2, 0.25) is 11.8 Å². The van der Waals surface area contributed by atoms with Crippen molar-refractivity contribution in [3.63, 3.8) is 0 Å². The van der Waals surface area contributed by atoms with E-state index in [1.54, 1.807) is 67.6 Å². The maximum atomic E-state index is 14.0. The molecule has 0 bridgehead atoms. The van der Waals surface area contributed by atoms with E-state index >= 15 is 0 Å². The van der Waals surface area contributed by atoms with E-state index in [4.69, 9.17) is 23.2 Å². The second-order valence-corrected chi connectivity index (χ2v) is 12.6. The summed E-state index contributed by atoms with van der Waals surface area (Å²) in [4.78, 5) is 28.4. The van der Waals surface area contributed by atoms with E-state index in [2.05, 4.69) is 21.2 Å². The zero-order valence-corrected chi connectivity index (χ0v) is 25.7. The topological polar surface area (TPSA) is 86.8 Å². The zero-order chi connectivity index (χ0) is 28.7. The number of nitrogens with zero attached hydrogens (tertiary/aromatic N) is 2. The molecule has 3 rings (SSSR count). The number of sulfonamides is 1. The van der Waals surface area contributed by atoms with Crippen molar-refractivity contribution < 1.29 is 18.0 Å². The molecule has 0 saturated heterocycles. The molecule has 3 aromatic carbocycles. The monoisotopic (exact) mass is 653 g/mol. The molecule has 0 unspecified atom stereocenters. The molecule has 39 heavy (non-hydrogen) atoms. The first-order valence-electron chi connectivity index (χ1n) is 12.3. The van der Waals surface area contributed by atoms with Gasteiger partial charge in [0.25, 0.3) is 10.0 Å². The van der Waals surface area contributed by atoms with Crippen LogP contribution in [0, 0.1) is 0 Å². The number of carbonyl (C=O) groups excluding carboxylic acids is 2. The van der Waals surface area contributed by atoms with Crippen molar-refractivity contribution in [1.82, 2.24) is 10.2 Å². The zero-order valence-electron chi connectivity index (χ0n) is 21.8. The van der Waals surface area contributed by atoms with E-state index in [-0.39, 0.29) is 29.1 Å². The number of amides is 2. The van der Waals surface area contributed by atoms with Gasteiger partial charge >= 0.3 is 0 Å². The second kappa shape index (κ2) is 13.7. The van der Waals surface area contributed by atoms with Gasteiger partial charge in [-0.2, -0.15) is 0 Å². The maximum Gasteiger partial charge on any atom is 0.264 e. The standard InChI is InChI=1S/C28H30BrCl2N3O4S/c1-4-19(2)32-28(36)20(3)33(17-24-25(30)14-9-15-26(24)31)27(35)18-34(22-11-8-10-21(29)16-22)39(37,38)23-12-6-5-7-13-23/h5-16,19-20H,4,17-18H2,1-3H3,(H,32,36)/t19-,20+/m0/s1. The largest absolute Gasteiger partial charge is 0.352 e. The molecule has 0 saturated carbocycles. The molecular weight excluding hydrogens is 625 g/mol. The third-order valence-corrected chi connectivity index (χ3v) is 9.25. The lowest BCUT2D eigenvalue weighted by Crippen LogP contribution is -2.52. The normalized spacial score (nSPS) is 12.9. The predicted molar refractivity (Wildman–Crippen MR) is 159 cm³/mol. The molecule has 0 aliphatic rings. The van der Waals surface area contributed by atoms with E-state index in [1.165, 1.54) is 17.0 Å². The molecule has 0 radical (unpaired) electrons. The Morgan fingerprint density at radius 1 is 0.949 bits per heavy atom. The number of carbonyl (C=O) groups is 2. The molecule has 1 N–H and O–H groups in total. The highest BCUT2D eigenvalue weighted by atomic mass is 79.9. The fourth-order valence-electron chi connectivity index (χ4n) is 3.78. The van der Waals surface area contributed by atoms with Crippen LogP contribution < -0.4 is 9.62 Å². The van der Waals surface area contributed by atoms with Crippen LogP contribution in [0.3, 0.4) is 0 Å². The Balaban J connectivity index is 2.06. The van der Waals surface area contributed by atoms with Crippen LogP contribution in [0.4, 0.5) is 5.69 Å². The van der Waals surface area contributed by atoms with Crippen LogP contribution >= 0.6 is 39.1 Å². The lowest BCUT2D eigenvalue weighted by molar-refractivity contribution is -0.139. The van der Waals surface area contributed by atoms with Crippen LogP contribution in [0.5, 0.6) is 0 Å². The molecular formula is C28H30BrCl2N3O4S. The number of rotatable bonds is 11. The number of hydrogen-bond donors (Lipinski definition) is 1. The first-order chi connectivity index (χ1) is 18.4. The van der Waals surface area contributed by atoms with Gasteiger partial charge in [-0.25, -0.2) is 8.42 Å². The van der Waals surface area contributed by atoms with E-state index in [0.29, 0.717) is 26.5 Å². The molecule has 0 fully saturated rings. The summed E-state index contributed by atoms with van der Waals surface area (Å²) < 4.78 is 29.2. The Labute approximate surface area is 248 Å². The quantitative estimate of drug-likeness (QED) is 0.264. The molecule has 0 heterocycles. The van der Waals surface area contributed by atoms with Crippen molar-refractivity contribution in [2.75, 3.05) is 10.8 Å². The van der Waals surface area contributed by atoms with Crippen molar-refractivity contribution in [2.45, 2.75) is 50.7 Å². The molecule has 11 heteroatoms. The van der Waals surface area contributed by atoms with Gasteiger partial charge in [0.05, 0.1) is 10.6 Å². The molecule has 2 atom stereocenters. The number of nitrogens with one attached hydrogen (secondary N) is 1. The van der Waals surface area contributed by atoms with Crippen molar-refractivity contribution in [3.8, 4) is 0 Å². The Kier molecular flexibility index (Phi) is 10.8. The number of hydrogen-bond acceptors (Lipinski definition) is 4. The number of halogens is 3. The Morgan fingerprint density at radius 3 is 2.15 bits per heavy atom. The fourth-order valence-corrected chi connectivity index (χ4v) is 6.11. The van der Waals surface area contributed by atoms with Crippen molar-refractivity contribution >= 4 is 66.7 Å². The van der Waals surface area contributed by atoms with Gasteiger partial charge in [0.1, 0.15) is 12.6 Å². The highest BCUT2D eigenvalue weighted by Crippen LogP contribution is 2.29. The minimum absolute atomic E-state index is 0.0287. The van der Waals surface area contributed by atoms with Crippen LogP contribution in [0.1, 0.15) is 32.8 Å². The third-order valence-electron chi connectivity index (χ3n) is 6.26. The summed E-state index contributed by atoms with van der Waals surface area (Å²) in [5.41, 5.74) is 0.742. The van der Waals surface area contributed by atoms with Gasteiger partial charge < -0.3 is 10.2 Å². The number of benzene rings is 3. The van der Waals surface area contributed by atoms with E-state index < -0.39 is 28.5 Å². The average Bonchev–Trinajstić information content (AvgIpc) is 2.91. The highest BCUT2D eigenvalue weighted by Gasteiger charge is 2.33. The summed E-state index contributed by atoms with van der Waals surface area (Å²) in [6.07, 6.45) is 0.703. The SMILES string of the molecule is CC[C@H](C)NC(=O)[C@@H](C)N(Cc1c(Cl)cccc1Cl)C(=O)CN(c1cccc(Br)c1)S(=O)(=O)c1ccccc1. The van der Waals surface area contributed by atoms with Crippen LogP contribution in [0.2, 0.25) is 10.0 Å². The summed E-state index contributed by atoms with van der Waals surface area (Å²) in [6, 6.07) is 18.4. The Morgan fingerprint density at radius 2 is 1.56 bits per heavy atom.